The molecule has 2 N–H and O–H groups in total. The highest BCUT2D eigenvalue weighted by atomic mass is 16.5. The van der Waals surface area contributed by atoms with Crippen LogP contribution in [-0.2, 0) is 19.1 Å². The molecule has 0 aliphatic carbocycles. The fraction of sp³-hybridized carbons (Fsp3) is 0.318. The van der Waals surface area contributed by atoms with E-state index in [4.69, 9.17) is 14.2 Å². The molecule has 1 saturated heterocycles. The van der Waals surface area contributed by atoms with E-state index in [2.05, 4.69) is 10.6 Å². The van der Waals surface area contributed by atoms with Crippen molar-refractivity contribution in [3.05, 3.63) is 54.1 Å². The molecule has 2 aromatic carbocycles. The van der Waals surface area contributed by atoms with Gasteiger partial charge in [0.1, 0.15) is 17.6 Å². The van der Waals surface area contributed by atoms with E-state index >= 15 is 0 Å². The average Bonchev–Trinajstić information content (AvgIpc) is 2.83. The minimum atomic E-state index is -0.918. The number of amides is 3. The van der Waals surface area contributed by atoms with Crippen molar-refractivity contribution >= 4 is 23.4 Å². The van der Waals surface area contributed by atoms with Crippen LogP contribution >= 0.6 is 0 Å². The second-order valence-corrected chi connectivity index (χ2v) is 6.81. The van der Waals surface area contributed by atoms with Crippen molar-refractivity contribution in [3.63, 3.8) is 0 Å². The van der Waals surface area contributed by atoms with Crippen LogP contribution in [0.3, 0.4) is 0 Å². The summed E-state index contributed by atoms with van der Waals surface area (Å²) in [6.07, 6.45) is -0.222. The van der Waals surface area contributed by atoms with Gasteiger partial charge < -0.3 is 29.7 Å². The van der Waals surface area contributed by atoms with Gasteiger partial charge in [-0.3, -0.25) is 14.4 Å². The second kappa shape index (κ2) is 10.4. The molecule has 3 amide bonds. The van der Waals surface area contributed by atoms with Gasteiger partial charge in [0.15, 0.2) is 0 Å². The molecule has 31 heavy (non-hydrogen) atoms. The lowest BCUT2D eigenvalue weighted by atomic mass is 10.1. The first kappa shape index (κ1) is 22.1. The monoisotopic (exact) mass is 427 g/mol. The van der Waals surface area contributed by atoms with E-state index in [0.717, 1.165) is 5.56 Å². The zero-order valence-corrected chi connectivity index (χ0v) is 17.4. The Morgan fingerprint density at radius 1 is 1.06 bits per heavy atom. The number of rotatable bonds is 6. The number of carbonyl (C=O) groups is 3. The van der Waals surface area contributed by atoms with Gasteiger partial charge in [0, 0.05) is 12.6 Å². The summed E-state index contributed by atoms with van der Waals surface area (Å²) in [5.41, 5.74) is 1.30. The Morgan fingerprint density at radius 2 is 1.84 bits per heavy atom. The Hall–Kier alpha value is -3.59. The lowest BCUT2D eigenvalue weighted by Crippen LogP contribution is -2.48. The molecule has 0 aromatic heterocycles. The lowest BCUT2D eigenvalue weighted by Gasteiger charge is -2.33. The Kier molecular flexibility index (Phi) is 7.45. The summed E-state index contributed by atoms with van der Waals surface area (Å²) in [5, 5.41) is 4.83. The highest BCUT2D eigenvalue weighted by molar-refractivity contribution is 6.40. The van der Waals surface area contributed by atoms with Crippen LogP contribution in [0, 0.1) is 0 Å². The first-order valence-electron chi connectivity index (χ1n) is 9.77. The summed E-state index contributed by atoms with van der Waals surface area (Å²) in [4.78, 5) is 38.5. The number of carbonyl (C=O) groups excluding carboxylic acids is 3. The molecule has 1 aliphatic rings. The Morgan fingerprint density at radius 3 is 2.55 bits per heavy atom. The maximum absolute atomic E-state index is 12.5. The smallest absolute Gasteiger partial charge is 0.313 e. The minimum Gasteiger partial charge on any atom is -0.497 e. The van der Waals surface area contributed by atoms with Gasteiger partial charge in [-0.1, -0.05) is 30.3 Å². The van der Waals surface area contributed by atoms with Crippen LogP contribution in [-0.4, -0.2) is 63.1 Å². The van der Waals surface area contributed by atoms with Crippen LogP contribution in [0.1, 0.15) is 11.7 Å². The molecule has 0 radical (unpaired) electrons. The van der Waals surface area contributed by atoms with Crippen LogP contribution in [0.2, 0.25) is 0 Å². The molecule has 1 fully saturated rings. The Bertz CT molecular complexity index is 934. The third kappa shape index (κ3) is 5.73. The fourth-order valence-electron chi connectivity index (χ4n) is 3.17. The number of nitrogens with zero attached hydrogens (tertiary/aromatic N) is 1. The number of morpholine rings is 1. The number of hydrogen-bond acceptors (Lipinski definition) is 6. The molecule has 3 rings (SSSR count). The third-order valence-corrected chi connectivity index (χ3v) is 4.85. The van der Waals surface area contributed by atoms with Crippen LogP contribution in [0.5, 0.6) is 11.5 Å². The second-order valence-electron chi connectivity index (χ2n) is 6.81. The van der Waals surface area contributed by atoms with Crippen LogP contribution in [0.4, 0.5) is 5.69 Å². The molecular weight excluding hydrogens is 402 g/mol. The number of anilines is 1. The fourth-order valence-corrected chi connectivity index (χ4v) is 3.17. The van der Waals surface area contributed by atoms with Crippen molar-refractivity contribution in [1.29, 1.82) is 0 Å². The van der Waals surface area contributed by atoms with Crippen LogP contribution in [0.15, 0.2) is 48.5 Å². The molecule has 0 saturated carbocycles. The van der Waals surface area contributed by atoms with Gasteiger partial charge in [-0.05, 0) is 17.7 Å². The lowest BCUT2D eigenvalue weighted by molar-refractivity contribution is -0.141. The van der Waals surface area contributed by atoms with Gasteiger partial charge in [-0.2, -0.15) is 0 Å². The molecule has 2 aromatic rings. The maximum Gasteiger partial charge on any atom is 0.313 e. The highest BCUT2D eigenvalue weighted by Crippen LogP contribution is 2.29. The minimum absolute atomic E-state index is 0.222. The van der Waals surface area contributed by atoms with Gasteiger partial charge in [0.05, 0.1) is 39.6 Å². The molecule has 9 nitrogen and oxygen atoms in total. The predicted octanol–water partition coefficient (Wildman–Crippen LogP) is 1.36. The number of ether oxygens (including phenoxy) is 3. The van der Waals surface area contributed by atoms with Gasteiger partial charge in [0.25, 0.3) is 0 Å². The molecule has 0 spiro atoms. The summed E-state index contributed by atoms with van der Waals surface area (Å²) in [5.74, 6) is -1.21. The van der Waals surface area contributed by atoms with E-state index in [0.29, 0.717) is 36.9 Å². The van der Waals surface area contributed by atoms with Crippen molar-refractivity contribution in [2.24, 2.45) is 0 Å². The largest absolute Gasteiger partial charge is 0.497 e. The number of nitrogens with one attached hydrogen (secondary N) is 2. The quantitative estimate of drug-likeness (QED) is 0.675. The normalized spacial score (nSPS) is 15.7. The van der Waals surface area contributed by atoms with E-state index in [9.17, 15) is 14.4 Å². The average molecular weight is 427 g/mol. The third-order valence-electron chi connectivity index (χ3n) is 4.85. The van der Waals surface area contributed by atoms with E-state index in [1.165, 1.54) is 14.2 Å². The van der Waals surface area contributed by atoms with E-state index < -0.39 is 11.8 Å². The van der Waals surface area contributed by atoms with E-state index in [-0.39, 0.29) is 18.6 Å². The molecule has 1 atom stereocenters. The highest BCUT2D eigenvalue weighted by Gasteiger charge is 2.26. The van der Waals surface area contributed by atoms with Gasteiger partial charge in [0.2, 0.25) is 5.91 Å². The van der Waals surface area contributed by atoms with Gasteiger partial charge in [-0.25, -0.2) is 0 Å². The molecule has 164 valence electrons. The van der Waals surface area contributed by atoms with Crippen molar-refractivity contribution in [2.45, 2.75) is 6.10 Å². The Balaban J connectivity index is 1.52. The van der Waals surface area contributed by atoms with Crippen molar-refractivity contribution in [3.8, 4) is 11.5 Å². The zero-order valence-electron chi connectivity index (χ0n) is 17.4. The standard InChI is InChI=1S/C22H25N3O6/c1-29-16-8-9-17(18(12-16)30-2)24-22(28)21(27)23-13-20(26)25-10-11-31-19(14-25)15-6-4-3-5-7-15/h3-9,12,19H,10-11,13-14H2,1-2H3,(H,23,27)(H,24,28). The first-order valence-corrected chi connectivity index (χ1v) is 9.77. The van der Waals surface area contributed by atoms with Crippen LogP contribution < -0.4 is 20.1 Å². The van der Waals surface area contributed by atoms with Crippen molar-refractivity contribution in [2.75, 3.05) is 45.8 Å². The van der Waals surface area contributed by atoms with Gasteiger partial charge in [-0.15, -0.1) is 0 Å². The summed E-state index contributed by atoms with van der Waals surface area (Å²) in [7, 11) is 2.95. The Labute approximate surface area is 180 Å². The van der Waals surface area contributed by atoms with Crippen molar-refractivity contribution in [1.82, 2.24) is 10.2 Å². The first-order chi connectivity index (χ1) is 15.0. The molecule has 9 heteroatoms. The van der Waals surface area contributed by atoms with Crippen molar-refractivity contribution < 1.29 is 28.6 Å². The summed E-state index contributed by atoms with van der Waals surface area (Å²) < 4.78 is 16.0. The zero-order chi connectivity index (χ0) is 22.2. The summed E-state index contributed by atoms with van der Waals surface area (Å²) in [6.45, 7) is 0.922. The number of benzene rings is 2. The maximum atomic E-state index is 12.5. The number of methoxy groups -OCH3 is 2. The van der Waals surface area contributed by atoms with Gasteiger partial charge >= 0.3 is 11.8 Å². The van der Waals surface area contributed by atoms with E-state index in [1.807, 2.05) is 30.3 Å². The van der Waals surface area contributed by atoms with E-state index in [1.54, 1.807) is 23.1 Å². The molecule has 1 unspecified atom stereocenters. The SMILES string of the molecule is COc1ccc(NC(=O)C(=O)NCC(=O)N2CCOC(c3ccccc3)C2)c(OC)c1. The summed E-state index contributed by atoms with van der Waals surface area (Å²) >= 11 is 0. The molecular formula is C22H25N3O6. The number of hydrogen-bond donors (Lipinski definition) is 2. The van der Waals surface area contributed by atoms with Crippen LogP contribution in [0.25, 0.3) is 0 Å². The topological polar surface area (TPSA) is 106 Å². The molecule has 1 heterocycles. The predicted molar refractivity (Wildman–Crippen MR) is 113 cm³/mol. The molecule has 0 bridgehead atoms. The summed E-state index contributed by atoms with van der Waals surface area (Å²) in [6, 6.07) is 14.4. The molecule has 1 aliphatic heterocycles.